The highest BCUT2D eigenvalue weighted by Crippen LogP contribution is 2.33. The minimum absolute atomic E-state index is 0.0730. The third-order valence-corrected chi connectivity index (χ3v) is 5.72. The number of nitrogens with zero attached hydrogens (tertiary/aromatic N) is 4. The normalized spacial score (nSPS) is 17.6. The second kappa shape index (κ2) is 8.54. The number of rotatable bonds is 4. The topological polar surface area (TPSA) is 68.2 Å². The predicted octanol–water partition coefficient (Wildman–Crippen LogP) is 4.62. The summed E-state index contributed by atoms with van der Waals surface area (Å²) in [5.74, 6) is -3.32. The number of benzene rings is 2. The summed E-state index contributed by atoms with van der Waals surface area (Å²) in [6.07, 6.45) is 2.63. The SMILES string of the molecule is O=C(c1ccccc1-c1cncnc1)N1CCC(F)(F)[C@@H](Oc2ccc3ccccc3n2)C1. The smallest absolute Gasteiger partial charge is 0.287 e. The Balaban J connectivity index is 1.40. The first-order chi connectivity index (χ1) is 16.0. The van der Waals surface area contributed by atoms with Gasteiger partial charge in [0.15, 0.2) is 6.10 Å². The second-order valence-electron chi connectivity index (χ2n) is 7.88. The van der Waals surface area contributed by atoms with Crippen molar-refractivity contribution in [1.82, 2.24) is 19.9 Å². The number of carbonyl (C=O) groups excluding carboxylic acids is 1. The summed E-state index contributed by atoms with van der Waals surface area (Å²) in [5.41, 5.74) is 2.38. The lowest BCUT2D eigenvalue weighted by Crippen LogP contribution is -2.55. The molecule has 1 aliphatic heterocycles. The Morgan fingerprint density at radius 3 is 2.61 bits per heavy atom. The van der Waals surface area contributed by atoms with E-state index in [4.69, 9.17) is 4.74 Å². The van der Waals surface area contributed by atoms with Crippen molar-refractivity contribution in [3.63, 3.8) is 0 Å². The summed E-state index contributed by atoms with van der Waals surface area (Å²) in [4.78, 5) is 27.1. The molecule has 2 aromatic carbocycles. The molecule has 3 heterocycles. The third kappa shape index (κ3) is 4.24. The predicted molar refractivity (Wildman–Crippen MR) is 119 cm³/mol. The molecule has 1 saturated heterocycles. The van der Waals surface area contributed by atoms with Crippen molar-refractivity contribution in [2.45, 2.75) is 18.4 Å². The summed E-state index contributed by atoms with van der Waals surface area (Å²) in [6, 6.07) is 17.7. The minimum Gasteiger partial charge on any atom is -0.466 e. The van der Waals surface area contributed by atoms with Crippen molar-refractivity contribution < 1.29 is 18.3 Å². The second-order valence-corrected chi connectivity index (χ2v) is 7.88. The van der Waals surface area contributed by atoms with Gasteiger partial charge in [0.2, 0.25) is 5.88 Å². The van der Waals surface area contributed by atoms with Crippen LogP contribution < -0.4 is 4.74 Å². The molecule has 166 valence electrons. The largest absolute Gasteiger partial charge is 0.466 e. The van der Waals surface area contributed by atoms with Gasteiger partial charge in [0, 0.05) is 47.9 Å². The monoisotopic (exact) mass is 446 g/mol. The van der Waals surface area contributed by atoms with E-state index in [-0.39, 0.29) is 24.9 Å². The maximum absolute atomic E-state index is 14.7. The number of amides is 1. The molecule has 4 aromatic rings. The molecule has 1 fully saturated rings. The van der Waals surface area contributed by atoms with Crippen LogP contribution in [0.2, 0.25) is 0 Å². The Morgan fingerprint density at radius 1 is 1.00 bits per heavy atom. The number of hydrogen-bond acceptors (Lipinski definition) is 5. The Labute approximate surface area is 188 Å². The van der Waals surface area contributed by atoms with Crippen molar-refractivity contribution in [3.8, 4) is 17.0 Å². The van der Waals surface area contributed by atoms with E-state index in [1.165, 1.54) is 11.2 Å². The number of para-hydroxylation sites is 1. The first-order valence-electron chi connectivity index (χ1n) is 10.6. The molecule has 0 N–H and O–H groups in total. The van der Waals surface area contributed by atoms with Crippen molar-refractivity contribution in [2.24, 2.45) is 0 Å². The van der Waals surface area contributed by atoms with Gasteiger partial charge in [-0.05, 0) is 23.8 Å². The summed E-state index contributed by atoms with van der Waals surface area (Å²) in [6.45, 7) is -0.323. The maximum atomic E-state index is 14.7. The van der Waals surface area contributed by atoms with Crippen LogP contribution in [-0.2, 0) is 0 Å². The lowest BCUT2D eigenvalue weighted by molar-refractivity contribution is -0.131. The molecule has 2 aromatic heterocycles. The van der Waals surface area contributed by atoms with E-state index in [0.717, 1.165) is 5.39 Å². The molecule has 8 heteroatoms. The zero-order valence-corrected chi connectivity index (χ0v) is 17.6. The number of likely N-dealkylation sites (tertiary alicyclic amines) is 1. The molecular formula is C25H20F2N4O2. The van der Waals surface area contributed by atoms with Gasteiger partial charge in [0.1, 0.15) is 6.33 Å². The minimum atomic E-state index is -3.09. The van der Waals surface area contributed by atoms with Crippen LogP contribution in [0, 0.1) is 0 Å². The van der Waals surface area contributed by atoms with Crippen LogP contribution in [0.5, 0.6) is 5.88 Å². The quantitative estimate of drug-likeness (QED) is 0.458. The highest BCUT2D eigenvalue weighted by molar-refractivity contribution is 6.00. The van der Waals surface area contributed by atoms with Crippen LogP contribution in [0.15, 0.2) is 79.4 Å². The number of halogens is 2. The number of carbonyl (C=O) groups is 1. The highest BCUT2D eigenvalue weighted by Gasteiger charge is 2.47. The number of alkyl halides is 2. The molecule has 33 heavy (non-hydrogen) atoms. The standard InChI is InChI=1S/C25H20F2N4O2/c26-25(27)11-12-31(15-22(25)33-23-10-9-17-5-1-4-8-21(17)30-23)24(32)20-7-3-2-6-19(20)18-13-28-16-29-14-18/h1-10,13-14,16,22H,11-12,15H2/t22-/m0/s1. The van der Waals surface area contributed by atoms with Gasteiger partial charge in [-0.15, -0.1) is 0 Å². The van der Waals surface area contributed by atoms with Crippen LogP contribution in [0.3, 0.4) is 0 Å². The molecule has 1 atom stereocenters. The average Bonchev–Trinajstić information content (AvgIpc) is 2.85. The van der Waals surface area contributed by atoms with Crippen LogP contribution in [0.1, 0.15) is 16.8 Å². The molecule has 0 spiro atoms. The average molecular weight is 446 g/mol. The summed E-state index contributed by atoms with van der Waals surface area (Å²) in [7, 11) is 0. The zero-order chi connectivity index (χ0) is 22.8. The van der Waals surface area contributed by atoms with E-state index in [9.17, 15) is 13.6 Å². The van der Waals surface area contributed by atoms with Gasteiger partial charge in [-0.3, -0.25) is 4.79 Å². The van der Waals surface area contributed by atoms with Crippen LogP contribution in [-0.4, -0.2) is 50.9 Å². The molecule has 0 bridgehead atoms. The molecule has 6 nitrogen and oxygen atoms in total. The van der Waals surface area contributed by atoms with Gasteiger partial charge >= 0.3 is 0 Å². The van der Waals surface area contributed by atoms with E-state index in [1.807, 2.05) is 18.2 Å². The third-order valence-electron chi connectivity index (χ3n) is 5.72. The molecule has 0 aliphatic carbocycles. The van der Waals surface area contributed by atoms with E-state index < -0.39 is 18.4 Å². The van der Waals surface area contributed by atoms with Crippen molar-refractivity contribution >= 4 is 16.8 Å². The lowest BCUT2D eigenvalue weighted by atomic mass is 9.98. The fraction of sp³-hybridized carbons (Fsp3) is 0.200. The van der Waals surface area contributed by atoms with E-state index in [1.54, 1.807) is 54.9 Å². The lowest BCUT2D eigenvalue weighted by Gasteiger charge is -2.38. The Bertz CT molecular complexity index is 1300. The Kier molecular flexibility index (Phi) is 5.42. The molecule has 5 rings (SSSR count). The van der Waals surface area contributed by atoms with E-state index in [0.29, 0.717) is 22.2 Å². The van der Waals surface area contributed by atoms with Crippen LogP contribution in [0.4, 0.5) is 8.78 Å². The van der Waals surface area contributed by atoms with E-state index in [2.05, 4.69) is 15.0 Å². The van der Waals surface area contributed by atoms with Gasteiger partial charge in [-0.1, -0.05) is 36.4 Å². The molecule has 0 saturated carbocycles. The summed E-state index contributed by atoms with van der Waals surface area (Å²) < 4.78 is 35.1. The molecule has 1 aliphatic rings. The van der Waals surface area contributed by atoms with Gasteiger partial charge in [-0.2, -0.15) is 0 Å². The fourth-order valence-corrected chi connectivity index (χ4v) is 3.97. The fourth-order valence-electron chi connectivity index (χ4n) is 3.97. The number of fused-ring (bicyclic) bond motifs is 1. The zero-order valence-electron chi connectivity index (χ0n) is 17.6. The van der Waals surface area contributed by atoms with Gasteiger partial charge < -0.3 is 9.64 Å². The van der Waals surface area contributed by atoms with Crippen molar-refractivity contribution in [3.05, 3.63) is 84.9 Å². The van der Waals surface area contributed by atoms with Crippen LogP contribution in [0.25, 0.3) is 22.0 Å². The summed E-state index contributed by atoms with van der Waals surface area (Å²) in [5, 5.41) is 0.888. The van der Waals surface area contributed by atoms with E-state index >= 15 is 0 Å². The maximum Gasteiger partial charge on any atom is 0.287 e. The Morgan fingerprint density at radius 2 is 1.76 bits per heavy atom. The van der Waals surface area contributed by atoms with Crippen LogP contribution >= 0.6 is 0 Å². The first kappa shape index (κ1) is 20.9. The number of hydrogen-bond donors (Lipinski definition) is 0. The number of aromatic nitrogens is 3. The summed E-state index contributed by atoms with van der Waals surface area (Å²) >= 11 is 0. The van der Waals surface area contributed by atoms with Gasteiger partial charge in [0.25, 0.3) is 11.8 Å². The first-order valence-corrected chi connectivity index (χ1v) is 10.6. The number of ether oxygens (including phenoxy) is 1. The Hall–Kier alpha value is -3.94. The van der Waals surface area contributed by atoms with Gasteiger partial charge in [-0.25, -0.2) is 23.7 Å². The van der Waals surface area contributed by atoms with Crippen molar-refractivity contribution in [2.75, 3.05) is 13.1 Å². The molecule has 0 radical (unpaired) electrons. The number of piperidine rings is 1. The molecule has 0 unspecified atom stereocenters. The molecule has 1 amide bonds. The number of pyridine rings is 1. The highest BCUT2D eigenvalue weighted by atomic mass is 19.3. The van der Waals surface area contributed by atoms with Gasteiger partial charge in [0.05, 0.1) is 12.1 Å². The van der Waals surface area contributed by atoms with Crippen molar-refractivity contribution in [1.29, 1.82) is 0 Å². The molecular weight excluding hydrogens is 426 g/mol.